The molecule has 3 heterocycles. The number of aliphatic hydroxyl groups is 1. The van der Waals surface area contributed by atoms with E-state index in [9.17, 15) is 24.8 Å². The average Bonchev–Trinajstić information content (AvgIpc) is 3.75. The SMILES string of the molecule is CCC(CC)(NC(=O)c1ccc(N2CC(OC)C2)c(OC[C@H]2C[C@@H]2CO)n1)C(=O)NCCOCCOCCOCCNc1ccc([N+](=O)[O-])c2nonc12. The summed E-state index contributed by atoms with van der Waals surface area (Å²) in [5, 5.41) is 36.8. The number of rotatable bonds is 25. The number of hydrogen-bond donors (Lipinski definition) is 4. The first-order valence-corrected chi connectivity index (χ1v) is 18.2. The van der Waals surface area contributed by atoms with Gasteiger partial charge < -0.3 is 49.6 Å². The van der Waals surface area contributed by atoms with Crippen molar-refractivity contribution in [3.05, 3.63) is 40.1 Å². The quantitative estimate of drug-likeness (QED) is 0.0549. The molecule has 0 spiro atoms. The van der Waals surface area contributed by atoms with Crippen LogP contribution in [0.5, 0.6) is 5.88 Å². The van der Waals surface area contributed by atoms with E-state index < -0.39 is 16.4 Å². The molecule has 2 aromatic heterocycles. The maximum absolute atomic E-state index is 13.5. The molecule has 1 aliphatic carbocycles. The summed E-state index contributed by atoms with van der Waals surface area (Å²) in [5.41, 5.74) is 0.484. The van der Waals surface area contributed by atoms with Crippen molar-refractivity contribution in [1.82, 2.24) is 25.9 Å². The van der Waals surface area contributed by atoms with Crippen LogP contribution in [0.2, 0.25) is 0 Å². The van der Waals surface area contributed by atoms with Gasteiger partial charge in [-0.15, -0.1) is 0 Å². The number of nitro groups is 1. The van der Waals surface area contributed by atoms with Gasteiger partial charge in [0.1, 0.15) is 16.9 Å². The molecule has 2 aliphatic rings. The summed E-state index contributed by atoms with van der Waals surface area (Å²) < 4.78 is 32.8. The van der Waals surface area contributed by atoms with Crippen LogP contribution in [0, 0.1) is 22.0 Å². The molecule has 5 rings (SSSR count). The van der Waals surface area contributed by atoms with Gasteiger partial charge in [0.05, 0.1) is 63.0 Å². The Morgan fingerprint density at radius 2 is 1.67 bits per heavy atom. The molecule has 0 radical (unpaired) electrons. The van der Waals surface area contributed by atoms with Gasteiger partial charge in [0, 0.05) is 46.0 Å². The molecule has 1 aliphatic heterocycles. The van der Waals surface area contributed by atoms with Crippen molar-refractivity contribution in [2.45, 2.75) is 44.8 Å². The first-order chi connectivity index (χ1) is 26.2. The number of hydrogen-bond acceptors (Lipinski definition) is 16. The minimum absolute atomic E-state index is 0.0747. The minimum atomic E-state index is -1.15. The van der Waals surface area contributed by atoms with Crippen LogP contribution in [0.25, 0.3) is 11.0 Å². The number of aliphatic hydroxyl groups excluding tert-OH is 1. The number of nitrogens with zero attached hydrogens (tertiary/aromatic N) is 5. The fourth-order valence-electron chi connectivity index (χ4n) is 6.05. The molecule has 296 valence electrons. The molecule has 1 saturated carbocycles. The summed E-state index contributed by atoms with van der Waals surface area (Å²) in [7, 11) is 1.67. The van der Waals surface area contributed by atoms with Gasteiger partial charge in [-0.3, -0.25) is 19.7 Å². The topological polar surface area (TPSA) is 235 Å². The maximum Gasteiger partial charge on any atom is 0.300 e. The predicted molar refractivity (Wildman–Crippen MR) is 195 cm³/mol. The van der Waals surface area contributed by atoms with Crippen molar-refractivity contribution in [2.24, 2.45) is 11.8 Å². The van der Waals surface area contributed by atoms with E-state index >= 15 is 0 Å². The van der Waals surface area contributed by atoms with Crippen LogP contribution in [-0.4, -0.2) is 135 Å². The Bertz CT molecular complexity index is 1700. The second-order valence-electron chi connectivity index (χ2n) is 13.1. The number of fused-ring (bicyclic) bond motifs is 1. The summed E-state index contributed by atoms with van der Waals surface area (Å²) in [6.07, 6.45) is 1.75. The van der Waals surface area contributed by atoms with Crippen LogP contribution >= 0.6 is 0 Å². The molecule has 54 heavy (non-hydrogen) atoms. The zero-order valence-electron chi connectivity index (χ0n) is 30.9. The van der Waals surface area contributed by atoms with Gasteiger partial charge in [-0.1, -0.05) is 13.8 Å². The minimum Gasteiger partial charge on any atom is -0.476 e. The fraction of sp³-hybridized carbons (Fsp3) is 0.629. The number of pyridine rings is 1. The molecular weight excluding hydrogens is 708 g/mol. The van der Waals surface area contributed by atoms with Gasteiger partial charge in [-0.2, -0.15) is 0 Å². The highest BCUT2D eigenvalue weighted by atomic mass is 16.6. The Balaban J connectivity index is 0.969. The lowest BCUT2D eigenvalue weighted by molar-refractivity contribution is -0.383. The van der Waals surface area contributed by atoms with Gasteiger partial charge in [0.2, 0.25) is 17.3 Å². The van der Waals surface area contributed by atoms with Gasteiger partial charge in [0.15, 0.2) is 5.52 Å². The molecule has 0 unspecified atom stereocenters. The third-order valence-corrected chi connectivity index (χ3v) is 9.76. The normalized spacial score (nSPS) is 16.9. The van der Waals surface area contributed by atoms with E-state index in [1.807, 2.05) is 19.9 Å². The second kappa shape index (κ2) is 19.6. The number of anilines is 2. The molecule has 2 atom stereocenters. The number of ether oxygens (including phenoxy) is 5. The molecular formula is C35H50N8O11. The zero-order valence-corrected chi connectivity index (χ0v) is 30.9. The van der Waals surface area contributed by atoms with Gasteiger partial charge >= 0.3 is 5.69 Å². The number of non-ortho nitro benzene ring substituents is 1. The van der Waals surface area contributed by atoms with Crippen molar-refractivity contribution < 1.29 is 47.9 Å². The van der Waals surface area contributed by atoms with E-state index in [-0.39, 0.29) is 66.0 Å². The lowest BCUT2D eigenvalue weighted by Crippen LogP contribution is -2.58. The number of benzene rings is 1. The monoisotopic (exact) mass is 758 g/mol. The Kier molecular flexibility index (Phi) is 14.7. The number of carbonyl (C=O) groups excluding carboxylic acids is 2. The van der Waals surface area contributed by atoms with E-state index in [0.29, 0.717) is 83.7 Å². The van der Waals surface area contributed by atoms with Crippen LogP contribution < -0.4 is 25.6 Å². The Morgan fingerprint density at radius 1 is 0.981 bits per heavy atom. The van der Waals surface area contributed by atoms with Gasteiger partial charge in [0.25, 0.3) is 5.91 Å². The summed E-state index contributed by atoms with van der Waals surface area (Å²) >= 11 is 0. The molecule has 1 aromatic carbocycles. The molecule has 1 saturated heterocycles. The van der Waals surface area contributed by atoms with E-state index in [0.717, 1.165) is 12.1 Å². The van der Waals surface area contributed by atoms with Crippen molar-refractivity contribution in [1.29, 1.82) is 0 Å². The van der Waals surface area contributed by atoms with Crippen molar-refractivity contribution in [3.63, 3.8) is 0 Å². The van der Waals surface area contributed by atoms with Crippen molar-refractivity contribution in [2.75, 3.05) is 96.4 Å². The van der Waals surface area contributed by atoms with Crippen LogP contribution in [0.15, 0.2) is 28.9 Å². The summed E-state index contributed by atoms with van der Waals surface area (Å²) in [6.45, 7) is 8.25. The first kappa shape index (κ1) is 40.5. The van der Waals surface area contributed by atoms with E-state index in [1.54, 1.807) is 19.2 Å². The molecule has 2 amide bonds. The maximum atomic E-state index is 13.5. The van der Waals surface area contributed by atoms with E-state index in [1.165, 1.54) is 6.07 Å². The molecule has 3 aromatic rings. The van der Waals surface area contributed by atoms with Crippen LogP contribution in [-0.2, 0) is 23.7 Å². The zero-order chi connectivity index (χ0) is 38.5. The summed E-state index contributed by atoms with van der Waals surface area (Å²) in [4.78, 5) is 44.1. The highest BCUT2D eigenvalue weighted by molar-refractivity contribution is 5.98. The van der Waals surface area contributed by atoms with E-state index in [2.05, 4.69) is 40.8 Å². The largest absolute Gasteiger partial charge is 0.476 e. The number of methoxy groups -OCH3 is 1. The van der Waals surface area contributed by atoms with Crippen molar-refractivity contribution in [3.8, 4) is 5.88 Å². The molecule has 0 bridgehead atoms. The number of amides is 2. The third kappa shape index (κ3) is 10.3. The second-order valence-corrected chi connectivity index (χ2v) is 13.1. The Labute approximate surface area is 312 Å². The van der Waals surface area contributed by atoms with Crippen LogP contribution in [0.1, 0.15) is 43.6 Å². The standard InChI is InChI=1S/C35H50N8O11/c1-4-35(5-2,39-32(45)27-7-9-29(42-19-25(20-42)49-3)33(38-27)53-22-24-18-23(24)21-44)34(46)37-11-13-51-15-17-52-16-14-50-12-10-36-26-6-8-28(43(47)48)31-30(26)40-54-41-31/h6-9,23-25,36,44H,4-5,10-22H2,1-3H3,(H,37,46)(H,39,45)/t23-,24-/m1/s1. The van der Waals surface area contributed by atoms with E-state index in [4.69, 9.17) is 23.7 Å². The number of nitrogens with one attached hydrogen (secondary N) is 3. The third-order valence-electron chi connectivity index (χ3n) is 9.76. The first-order valence-electron chi connectivity index (χ1n) is 18.2. The highest BCUT2D eigenvalue weighted by Crippen LogP contribution is 2.39. The predicted octanol–water partition coefficient (Wildman–Crippen LogP) is 1.93. The number of nitro benzene ring substituents is 1. The average molecular weight is 759 g/mol. The van der Waals surface area contributed by atoms with Gasteiger partial charge in [-0.05, 0) is 59.6 Å². The Hall–Kier alpha value is -4.69. The number of carbonyl (C=O) groups is 2. The molecule has 19 heteroatoms. The molecule has 2 fully saturated rings. The highest BCUT2D eigenvalue weighted by Gasteiger charge is 2.39. The number of aromatic nitrogens is 3. The van der Waals surface area contributed by atoms with Crippen LogP contribution in [0.4, 0.5) is 17.1 Å². The van der Waals surface area contributed by atoms with Crippen molar-refractivity contribution >= 4 is 39.9 Å². The smallest absolute Gasteiger partial charge is 0.300 e. The lowest BCUT2D eigenvalue weighted by Gasteiger charge is -2.40. The van der Waals surface area contributed by atoms with Gasteiger partial charge in [-0.25, -0.2) is 9.61 Å². The molecule has 4 N–H and O–H groups in total. The fourth-order valence-corrected chi connectivity index (χ4v) is 6.05. The van der Waals surface area contributed by atoms with Crippen LogP contribution in [0.3, 0.4) is 0 Å². The summed E-state index contributed by atoms with van der Waals surface area (Å²) in [6, 6.07) is 6.33. The summed E-state index contributed by atoms with van der Waals surface area (Å²) in [5.74, 6) is 0.0357. The lowest BCUT2D eigenvalue weighted by atomic mass is 9.91. The Morgan fingerprint density at radius 3 is 2.31 bits per heavy atom. The molecule has 19 nitrogen and oxygen atoms in total.